The fourth-order valence-electron chi connectivity index (χ4n) is 1.24. The maximum atomic E-state index is 8.83. The second-order valence-electron chi connectivity index (χ2n) is 2.99. The van der Waals surface area contributed by atoms with Crippen molar-refractivity contribution in [3.05, 3.63) is 26.7 Å². The second-order valence-corrected chi connectivity index (χ2v) is 4.16. The van der Waals surface area contributed by atoms with Crippen molar-refractivity contribution in [2.24, 2.45) is 0 Å². The number of nitrogens with zero attached hydrogens (tertiary/aromatic N) is 1. The van der Waals surface area contributed by atoms with Crippen LogP contribution in [0.3, 0.4) is 0 Å². The molecule has 0 atom stereocenters. The first-order valence-corrected chi connectivity index (χ1v) is 5.45. The minimum Gasteiger partial charge on any atom is -0.397 e. The molecule has 0 unspecified atom stereocenters. The normalized spacial score (nSPS) is 9.86. The Balaban J connectivity index is 3.34. The topological polar surface area (TPSA) is 49.8 Å². The first-order valence-electron chi connectivity index (χ1n) is 4.28. The lowest BCUT2D eigenvalue weighted by molar-refractivity contribution is 0.921. The Morgan fingerprint density at radius 1 is 1.64 bits per heavy atom. The summed E-state index contributed by atoms with van der Waals surface area (Å²) in [6, 6.07) is 3.80. The molecular formula is C10H10BrClN2. The van der Waals surface area contributed by atoms with Gasteiger partial charge in [-0.1, -0.05) is 24.9 Å². The third-order valence-corrected chi connectivity index (χ3v) is 3.44. The van der Waals surface area contributed by atoms with E-state index < -0.39 is 0 Å². The van der Waals surface area contributed by atoms with Gasteiger partial charge < -0.3 is 5.73 Å². The number of rotatable bonds is 2. The smallest absolute Gasteiger partial charge is 0.101 e. The van der Waals surface area contributed by atoms with E-state index in [1.54, 1.807) is 6.07 Å². The minimum absolute atomic E-state index is 0.414. The fourth-order valence-corrected chi connectivity index (χ4v) is 1.96. The largest absolute Gasteiger partial charge is 0.397 e. The molecule has 0 bridgehead atoms. The Labute approximate surface area is 96.8 Å². The molecule has 0 radical (unpaired) electrons. The van der Waals surface area contributed by atoms with Crippen LogP contribution in [0.15, 0.2) is 10.5 Å². The molecular weight excluding hydrogens is 263 g/mol. The van der Waals surface area contributed by atoms with E-state index in [-0.39, 0.29) is 0 Å². The van der Waals surface area contributed by atoms with Crippen LogP contribution in [0.25, 0.3) is 0 Å². The molecule has 0 aliphatic heterocycles. The van der Waals surface area contributed by atoms with E-state index in [4.69, 9.17) is 22.6 Å². The van der Waals surface area contributed by atoms with Gasteiger partial charge in [-0.25, -0.2) is 0 Å². The van der Waals surface area contributed by atoms with E-state index in [2.05, 4.69) is 22.9 Å². The fraction of sp³-hybridized carbons (Fsp3) is 0.300. The second kappa shape index (κ2) is 4.68. The molecule has 1 aromatic carbocycles. The molecule has 74 valence electrons. The van der Waals surface area contributed by atoms with Crippen molar-refractivity contribution < 1.29 is 0 Å². The van der Waals surface area contributed by atoms with Gasteiger partial charge >= 0.3 is 0 Å². The highest BCUT2D eigenvalue weighted by molar-refractivity contribution is 9.10. The van der Waals surface area contributed by atoms with Crippen LogP contribution in [0.1, 0.15) is 24.5 Å². The number of nitrogens with two attached hydrogens (primary N) is 1. The summed E-state index contributed by atoms with van der Waals surface area (Å²) in [6.45, 7) is 2.06. The number of hydrogen-bond donors (Lipinski definition) is 1. The monoisotopic (exact) mass is 272 g/mol. The van der Waals surface area contributed by atoms with Gasteiger partial charge in [0.2, 0.25) is 0 Å². The third-order valence-electron chi connectivity index (χ3n) is 1.96. The number of nitrogen functional groups attached to an aromatic ring is 1. The highest BCUT2D eigenvalue weighted by atomic mass is 79.9. The Kier molecular flexibility index (Phi) is 3.79. The predicted octanol–water partition coefficient (Wildman–Crippen LogP) is 3.51. The lowest BCUT2D eigenvalue weighted by Crippen LogP contribution is -1.96. The molecule has 0 fully saturated rings. The number of aryl methyl sites for hydroxylation is 1. The molecule has 2 nitrogen and oxygen atoms in total. The average molecular weight is 274 g/mol. The van der Waals surface area contributed by atoms with Crippen LogP contribution in [-0.4, -0.2) is 0 Å². The summed E-state index contributed by atoms with van der Waals surface area (Å²) in [4.78, 5) is 0. The Morgan fingerprint density at radius 2 is 2.29 bits per heavy atom. The summed E-state index contributed by atoms with van der Waals surface area (Å²) < 4.78 is 0.627. The van der Waals surface area contributed by atoms with Crippen LogP contribution in [0.2, 0.25) is 5.02 Å². The van der Waals surface area contributed by atoms with Gasteiger partial charge in [-0.05, 0) is 34.0 Å². The first kappa shape index (κ1) is 11.4. The number of nitriles is 1. The van der Waals surface area contributed by atoms with Gasteiger partial charge in [0.05, 0.1) is 20.7 Å². The van der Waals surface area contributed by atoms with E-state index in [1.807, 2.05) is 6.07 Å². The maximum Gasteiger partial charge on any atom is 0.101 e. The van der Waals surface area contributed by atoms with Gasteiger partial charge in [-0.15, -0.1) is 0 Å². The summed E-state index contributed by atoms with van der Waals surface area (Å²) in [6.07, 6.45) is 1.84. The minimum atomic E-state index is 0.414. The van der Waals surface area contributed by atoms with E-state index >= 15 is 0 Å². The van der Waals surface area contributed by atoms with E-state index in [1.165, 1.54) is 0 Å². The van der Waals surface area contributed by atoms with Crippen molar-refractivity contribution in [2.75, 3.05) is 5.73 Å². The van der Waals surface area contributed by atoms with Crippen LogP contribution in [0.5, 0.6) is 0 Å². The third kappa shape index (κ3) is 2.02. The van der Waals surface area contributed by atoms with Crippen LogP contribution < -0.4 is 5.73 Å². The number of hydrogen-bond acceptors (Lipinski definition) is 2. The van der Waals surface area contributed by atoms with Crippen molar-refractivity contribution in [3.63, 3.8) is 0 Å². The molecule has 1 rings (SSSR count). The molecule has 0 amide bonds. The molecule has 0 spiro atoms. The van der Waals surface area contributed by atoms with Crippen LogP contribution in [-0.2, 0) is 6.42 Å². The SMILES string of the molecule is CCCc1cc(C#N)c(N)c(Br)c1Cl. The summed E-state index contributed by atoms with van der Waals surface area (Å²) in [7, 11) is 0. The molecule has 14 heavy (non-hydrogen) atoms. The standard InChI is InChI=1S/C10H10BrClN2/c1-2-3-6-4-7(5-13)10(14)8(11)9(6)12/h4H,2-3,14H2,1H3. The zero-order chi connectivity index (χ0) is 10.7. The lowest BCUT2D eigenvalue weighted by Gasteiger charge is -2.08. The number of halogens is 2. The molecule has 0 aliphatic carbocycles. The summed E-state index contributed by atoms with van der Waals surface area (Å²) in [5, 5.41) is 9.45. The van der Waals surface area contributed by atoms with Crippen molar-refractivity contribution in [3.8, 4) is 6.07 Å². The van der Waals surface area contributed by atoms with Crippen LogP contribution in [0.4, 0.5) is 5.69 Å². The van der Waals surface area contributed by atoms with E-state index in [0.717, 1.165) is 18.4 Å². The molecule has 0 aliphatic rings. The van der Waals surface area contributed by atoms with Gasteiger partial charge in [0, 0.05) is 0 Å². The molecule has 1 aromatic rings. The summed E-state index contributed by atoms with van der Waals surface area (Å²) in [5.41, 5.74) is 7.56. The average Bonchev–Trinajstić information content (AvgIpc) is 2.19. The van der Waals surface area contributed by atoms with Crippen molar-refractivity contribution >= 4 is 33.2 Å². The molecule has 4 heteroatoms. The van der Waals surface area contributed by atoms with Crippen molar-refractivity contribution in [2.45, 2.75) is 19.8 Å². The highest BCUT2D eigenvalue weighted by Crippen LogP contribution is 2.34. The van der Waals surface area contributed by atoms with Gasteiger partial charge in [-0.3, -0.25) is 0 Å². The zero-order valence-corrected chi connectivity index (χ0v) is 10.1. The molecule has 2 N–H and O–H groups in total. The summed E-state index contributed by atoms with van der Waals surface area (Å²) in [5.74, 6) is 0. The highest BCUT2D eigenvalue weighted by Gasteiger charge is 2.11. The summed E-state index contributed by atoms with van der Waals surface area (Å²) >= 11 is 9.35. The first-order chi connectivity index (χ1) is 6.61. The van der Waals surface area contributed by atoms with Crippen molar-refractivity contribution in [1.82, 2.24) is 0 Å². The van der Waals surface area contributed by atoms with Gasteiger partial charge in [0.1, 0.15) is 6.07 Å². The predicted molar refractivity (Wildman–Crippen MR) is 62.3 cm³/mol. The van der Waals surface area contributed by atoms with E-state index in [0.29, 0.717) is 20.7 Å². The number of benzene rings is 1. The Hall–Kier alpha value is -0.720. The Morgan fingerprint density at radius 3 is 2.79 bits per heavy atom. The molecule has 0 saturated heterocycles. The van der Waals surface area contributed by atoms with Crippen LogP contribution >= 0.6 is 27.5 Å². The van der Waals surface area contributed by atoms with E-state index in [9.17, 15) is 0 Å². The quantitative estimate of drug-likeness (QED) is 0.838. The molecule has 0 aromatic heterocycles. The van der Waals surface area contributed by atoms with Gasteiger partial charge in [0.25, 0.3) is 0 Å². The number of anilines is 1. The van der Waals surface area contributed by atoms with Crippen molar-refractivity contribution in [1.29, 1.82) is 5.26 Å². The lowest BCUT2D eigenvalue weighted by atomic mass is 10.1. The maximum absolute atomic E-state index is 8.83. The molecule has 0 saturated carbocycles. The van der Waals surface area contributed by atoms with Crippen LogP contribution in [0, 0.1) is 11.3 Å². The van der Waals surface area contributed by atoms with Gasteiger partial charge in [0.15, 0.2) is 0 Å². The zero-order valence-electron chi connectivity index (χ0n) is 7.77. The molecule has 0 heterocycles. The Bertz CT molecular complexity index is 396. The van der Waals surface area contributed by atoms with Gasteiger partial charge in [-0.2, -0.15) is 5.26 Å².